The Hall–Kier alpha value is -3.82. The minimum absolute atomic E-state index is 0. The third kappa shape index (κ3) is 6.84. The van der Waals surface area contributed by atoms with Crippen LogP contribution in [0.5, 0.6) is 11.5 Å². The molecule has 0 saturated carbocycles. The van der Waals surface area contributed by atoms with E-state index in [1.165, 1.54) is 7.11 Å². The van der Waals surface area contributed by atoms with Crippen molar-refractivity contribution in [1.82, 2.24) is 10.5 Å². The first-order valence-corrected chi connectivity index (χ1v) is 10.7. The van der Waals surface area contributed by atoms with Gasteiger partial charge in [-0.05, 0) is 61.4 Å². The molecule has 0 aliphatic heterocycles. The number of methoxy groups -OCH3 is 1. The van der Waals surface area contributed by atoms with Crippen molar-refractivity contribution in [3.8, 4) is 11.5 Å². The number of hydrogen-bond donors (Lipinski definition) is 5. The summed E-state index contributed by atoms with van der Waals surface area (Å²) in [5.41, 5.74) is 13.3. The van der Waals surface area contributed by atoms with Gasteiger partial charge in [0.2, 0.25) is 0 Å². The van der Waals surface area contributed by atoms with Gasteiger partial charge in [-0.1, -0.05) is 12.1 Å². The quantitative estimate of drug-likeness (QED) is 0.160. The number of amidine groups is 2. The maximum Gasteiger partial charge on any atom is 0.180 e. The molecule has 2 aromatic carbocycles. The molecular formula is C25H31ClN6O3. The van der Waals surface area contributed by atoms with E-state index in [2.05, 4.69) is 15.8 Å². The highest BCUT2D eigenvalue weighted by Crippen LogP contribution is 2.31. The maximum atomic E-state index is 8.08. The van der Waals surface area contributed by atoms with Gasteiger partial charge in [0.1, 0.15) is 23.2 Å². The molecule has 0 radical (unpaired) electrons. The van der Waals surface area contributed by atoms with Crippen LogP contribution < -0.4 is 26.0 Å². The first-order valence-electron chi connectivity index (χ1n) is 10.7. The Labute approximate surface area is 211 Å². The van der Waals surface area contributed by atoms with Crippen LogP contribution in [0.2, 0.25) is 0 Å². The largest absolute Gasteiger partial charge is 0.497 e. The molecule has 0 aliphatic carbocycles. The van der Waals surface area contributed by atoms with Gasteiger partial charge < -0.3 is 20.5 Å². The van der Waals surface area contributed by atoms with Crippen LogP contribution in [-0.4, -0.2) is 30.9 Å². The summed E-state index contributed by atoms with van der Waals surface area (Å²) in [6, 6.07) is 14.8. The third-order valence-electron chi connectivity index (χ3n) is 5.34. The van der Waals surface area contributed by atoms with Gasteiger partial charge in [0.25, 0.3) is 0 Å². The number of ether oxygens (including phenoxy) is 2. The lowest BCUT2D eigenvalue weighted by atomic mass is 10.1. The Morgan fingerprint density at radius 1 is 1.09 bits per heavy atom. The highest BCUT2D eigenvalue weighted by Gasteiger charge is 2.21. The Kier molecular flexibility index (Phi) is 9.86. The molecule has 186 valence electrons. The number of nitrogens with zero attached hydrogens (tertiary/aromatic N) is 1. The van der Waals surface area contributed by atoms with Crippen LogP contribution >= 0.6 is 12.4 Å². The Morgan fingerprint density at radius 3 is 2.43 bits per heavy atom. The van der Waals surface area contributed by atoms with E-state index in [1.807, 2.05) is 62.5 Å². The molecule has 10 heteroatoms. The number of pyridine rings is 1. The van der Waals surface area contributed by atoms with Gasteiger partial charge in [0.15, 0.2) is 6.10 Å². The number of anilines is 1. The fraction of sp³-hybridized carbons (Fsp3) is 0.240. The minimum atomic E-state index is -0.763. The summed E-state index contributed by atoms with van der Waals surface area (Å²) >= 11 is 0. The van der Waals surface area contributed by atoms with E-state index >= 15 is 0 Å². The third-order valence-corrected chi connectivity index (χ3v) is 5.34. The van der Waals surface area contributed by atoms with Crippen molar-refractivity contribution in [1.29, 1.82) is 10.8 Å². The second-order valence-electron chi connectivity index (χ2n) is 7.66. The number of hydrogen-bond acceptors (Lipinski definition) is 7. The van der Waals surface area contributed by atoms with Crippen molar-refractivity contribution < 1.29 is 14.3 Å². The maximum absolute atomic E-state index is 8.08. The second-order valence-corrected chi connectivity index (χ2v) is 7.66. The van der Waals surface area contributed by atoms with Gasteiger partial charge in [-0.15, -0.1) is 12.4 Å². The van der Waals surface area contributed by atoms with Crippen molar-refractivity contribution in [2.24, 2.45) is 5.73 Å². The summed E-state index contributed by atoms with van der Waals surface area (Å²) in [4.78, 5) is 9.27. The number of benzene rings is 2. The van der Waals surface area contributed by atoms with E-state index in [1.54, 1.807) is 13.2 Å². The molecule has 0 spiro atoms. The average molecular weight is 499 g/mol. The number of aryl methyl sites for hydroxylation is 1. The zero-order valence-electron chi connectivity index (χ0n) is 20.1. The molecule has 35 heavy (non-hydrogen) atoms. The van der Waals surface area contributed by atoms with Crippen LogP contribution in [0.3, 0.4) is 0 Å². The minimum Gasteiger partial charge on any atom is -0.497 e. The van der Waals surface area contributed by atoms with Crippen LogP contribution in [0.1, 0.15) is 34.1 Å². The molecule has 0 aliphatic rings. The number of hydroxylamine groups is 1. The van der Waals surface area contributed by atoms with E-state index in [0.717, 1.165) is 22.4 Å². The molecule has 0 bridgehead atoms. The molecule has 0 saturated heterocycles. The second kappa shape index (κ2) is 12.6. The van der Waals surface area contributed by atoms with Crippen molar-refractivity contribution >= 4 is 29.8 Å². The van der Waals surface area contributed by atoms with E-state index in [0.29, 0.717) is 29.3 Å². The predicted octanol–water partition coefficient (Wildman–Crippen LogP) is 4.27. The number of aromatic nitrogens is 1. The van der Waals surface area contributed by atoms with Gasteiger partial charge in [0, 0.05) is 29.6 Å². The lowest BCUT2D eigenvalue weighted by molar-refractivity contribution is 0.144. The van der Waals surface area contributed by atoms with Crippen LogP contribution in [0.4, 0.5) is 5.69 Å². The molecule has 1 aromatic heterocycles. The highest BCUT2D eigenvalue weighted by atomic mass is 35.5. The molecule has 3 rings (SSSR count). The first kappa shape index (κ1) is 27.4. The molecule has 1 unspecified atom stereocenters. The van der Waals surface area contributed by atoms with Crippen LogP contribution in [-0.2, 0) is 11.4 Å². The monoisotopic (exact) mass is 498 g/mol. The summed E-state index contributed by atoms with van der Waals surface area (Å²) in [5.74, 6) is 1.34. The van der Waals surface area contributed by atoms with E-state index in [4.69, 9.17) is 30.9 Å². The smallest absolute Gasteiger partial charge is 0.180 e. The molecule has 3 aromatic rings. The van der Waals surface area contributed by atoms with Crippen molar-refractivity contribution in [3.05, 3.63) is 82.7 Å². The van der Waals surface area contributed by atoms with Crippen LogP contribution in [0.15, 0.2) is 54.7 Å². The zero-order valence-corrected chi connectivity index (χ0v) is 21.0. The SMILES string of the molecule is CONC(=N)c1ccc(NCc2cnc(C)c(OC(C(=N)N)c3cccc(OC)c3)c2C)cc1.Cl. The Bertz CT molecular complexity index is 1170. The molecule has 0 amide bonds. The Balaban J connectivity index is 0.00000432. The lowest BCUT2D eigenvalue weighted by Crippen LogP contribution is -2.26. The molecule has 9 nitrogen and oxygen atoms in total. The summed E-state index contributed by atoms with van der Waals surface area (Å²) in [6.45, 7) is 4.35. The van der Waals surface area contributed by atoms with E-state index in [-0.39, 0.29) is 24.1 Å². The number of nitrogens with two attached hydrogens (primary N) is 1. The highest BCUT2D eigenvalue weighted by molar-refractivity contribution is 5.95. The average Bonchev–Trinajstić information content (AvgIpc) is 2.84. The van der Waals surface area contributed by atoms with Gasteiger partial charge in [0.05, 0.1) is 19.9 Å². The van der Waals surface area contributed by atoms with E-state index < -0.39 is 6.10 Å². The van der Waals surface area contributed by atoms with Crippen molar-refractivity contribution in [2.75, 3.05) is 19.5 Å². The summed E-state index contributed by atoms with van der Waals surface area (Å²) in [6.07, 6.45) is 1.05. The summed E-state index contributed by atoms with van der Waals surface area (Å²) < 4.78 is 11.5. The van der Waals surface area contributed by atoms with Gasteiger partial charge >= 0.3 is 0 Å². The van der Waals surface area contributed by atoms with Crippen molar-refractivity contribution in [3.63, 3.8) is 0 Å². The van der Waals surface area contributed by atoms with Crippen molar-refractivity contribution in [2.45, 2.75) is 26.5 Å². The van der Waals surface area contributed by atoms with Crippen LogP contribution in [0.25, 0.3) is 0 Å². The number of rotatable bonds is 10. The zero-order chi connectivity index (χ0) is 24.7. The van der Waals surface area contributed by atoms with Gasteiger partial charge in [-0.25, -0.2) is 5.48 Å². The number of halogens is 1. The number of nitrogens with one attached hydrogen (secondary N) is 4. The summed E-state index contributed by atoms with van der Waals surface area (Å²) in [7, 11) is 3.06. The van der Waals surface area contributed by atoms with Crippen LogP contribution in [0, 0.1) is 24.7 Å². The molecule has 1 atom stereocenters. The summed E-state index contributed by atoms with van der Waals surface area (Å²) in [5, 5.41) is 19.3. The standard InChI is InChI=1S/C25H30N6O3.ClH/c1-15-19(14-30-20-10-8-17(9-11-20)25(28)31-33-4)13-29-16(2)22(15)34-23(24(26)27)18-6-5-7-21(12-18)32-3;/h5-13,23,30H,14H2,1-4H3,(H3,26,27)(H2,28,31);1H. The predicted molar refractivity (Wildman–Crippen MR) is 140 cm³/mol. The first-order chi connectivity index (χ1) is 16.3. The Morgan fingerprint density at radius 2 is 1.80 bits per heavy atom. The fourth-order valence-corrected chi connectivity index (χ4v) is 3.45. The van der Waals surface area contributed by atoms with E-state index in [9.17, 15) is 0 Å². The molecule has 6 N–H and O–H groups in total. The molecular weight excluding hydrogens is 468 g/mol. The fourth-order valence-electron chi connectivity index (χ4n) is 3.45. The topological polar surface area (TPSA) is 138 Å². The lowest BCUT2D eigenvalue weighted by Gasteiger charge is -2.22. The van der Waals surface area contributed by atoms with Gasteiger partial charge in [-0.3, -0.25) is 20.6 Å². The molecule has 0 fully saturated rings. The normalized spacial score (nSPS) is 11.1. The molecule has 1 heterocycles. The van der Waals surface area contributed by atoms with Gasteiger partial charge in [-0.2, -0.15) is 0 Å².